The average molecular weight is 560 g/mol. The van der Waals surface area contributed by atoms with Gasteiger partial charge in [0, 0.05) is 17.4 Å². The monoisotopic (exact) mass is 559 g/mol. The number of carbonyl (C=O) groups is 3. The van der Waals surface area contributed by atoms with E-state index in [9.17, 15) is 29.6 Å². The molecule has 11 heteroatoms. The van der Waals surface area contributed by atoms with Gasteiger partial charge in [0.1, 0.15) is 22.9 Å². The lowest BCUT2D eigenvalue weighted by Crippen LogP contribution is -2.70. The summed E-state index contributed by atoms with van der Waals surface area (Å²) in [6.45, 7) is 1.77. The number of fused-ring (bicyclic) bond motifs is 1. The highest BCUT2D eigenvalue weighted by atomic mass is 32.2. The third-order valence-corrected chi connectivity index (χ3v) is 8.15. The fourth-order valence-electron chi connectivity index (χ4n) is 4.72. The summed E-state index contributed by atoms with van der Waals surface area (Å²) >= 11 is 1.42. The van der Waals surface area contributed by atoms with Crippen LogP contribution in [0.3, 0.4) is 0 Å². The van der Waals surface area contributed by atoms with E-state index in [0.717, 1.165) is 17.2 Å². The summed E-state index contributed by atoms with van der Waals surface area (Å²) in [4.78, 5) is 51.0. The Kier molecular flexibility index (Phi) is 7.56. The second kappa shape index (κ2) is 11.2. The van der Waals surface area contributed by atoms with Crippen LogP contribution in [0.1, 0.15) is 29.7 Å². The molecule has 2 aliphatic heterocycles. The first kappa shape index (κ1) is 26.9. The highest BCUT2D eigenvalue weighted by Gasteiger charge is 2.54. The number of phenolic OH excluding ortho intramolecular Hbond substituents is 1. The Morgan fingerprint density at radius 2 is 1.73 bits per heavy atom. The summed E-state index contributed by atoms with van der Waals surface area (Å²) in [6.07, 6.45) is -0.950. The maximum atomic E-state index is 13.5. The van der Waals surface area contributed by atoms with Crippen molar-refractivity contribution in [2.75, 3.05) is 5.75 Å². The molecule has 0 radical (unpaired) electrons. The molecule has 0 aromatic heterocycles. The summed E-state index contributed by atoms with van der Waals surface area (Å²) in [5, 5.41) is 23.1. The van der Waals surface area contributed by atoms with Gasteiger partial charge in [0.15, 0.2) is 6.10 Å². The molecule has 0 bridgehead atoms. The third kappa shape index (κ3) is 5.28. The molecule has 10 nitrogen and oxygen atoms in total. The molecule has 1 fully saturated rings. The molecule has 3 aromatic rings. The molecular formula is C29H25N3O7S. The third-order valence-electron chi connectivity index (χ3n) is 6.73. The number of hydrogen-bond acceptors (Lipinski definition) is 8. The predicted octanol–water partition coefficient (Wildman–Crippen LogP) is 3.85. The van der Waals surface area contributed by atoms with E-state index in [1.54, 1.807) is 6.92 Å². The largest absolute Gasteiger partial charge is 0.507 e. The molecule has 1 saturated heterocycles. The van der Waals surface area contributed by atoms with Gasteiger partial charge in [0.25, 0.3) is 11.6 Å². The number of hydrogen-bond donors (Lipinski definition) is 2. The molecule has 204 valence electrons. The zero-order valence-corrected chi connectivity index (χ0v) is 22.2. The van der Waals surface area contributed by atoms with Crippen molar-refractivity contribution in [3.63, 3.8) is 0 Å². The lowest BCUT2D eigenvalue weighted by molar-refractivity contribution is -0.384. The van der Waals surface area contributed by atoms with E-state index in [4.69, 9.17) is 4.74 Å². The topological polar surface area (TPSA) is 139 Å². The van der Waals surface area contributed by atoms with Crippen LogP contribution in [0.15, 0.2) is 90.1 Å². The molecule has 2 heterocycles. The van der Waals surface area contributed by atoms with Crippen molar-refractivity contribution in [2.24, 2.45) is 0 Å². The number of nitro benzene ring substituents is 1. The van der Waals surface area contributed by atoms with Crippen molar-refractivity contribution in [3.8, 4) is 5.75 Å². The zero-order chi connectivity index (χ0) is 28.4. The van der Waals surface area contributed by atoms with Crippen LogP contribution in [-0.4, -0.2) is 49.9 Å². The minimum absolute atomic E-state index is 0.170. The number of β-lactam (4-membered cyclic amide) rings is 1. The average Bonchev–Trinajstić information content (AvgIpc) is 2.96. The van der Waals surface area contributed by atoms with E-state index in [2.05, 4.69) is 5.32 Å². The second-order valence-electron chi connectivity index (χ2n) is 9.44. The van der Waals surface area contributed by atoms with Crippen LogP contribution in [0.5, 0.6) is 5.75 Å². The van der Waals surface area contributed by atoms with E-state index in [-0.39, 0.29) is 29.1 Å². The quantitative estimate of drug-likeness (QED) is 0.184. The summed E-state index contributed by atoms with van der Waals surface area (Å²) in [6, 6.07) is 21.3. The first-order valence-corrected chi connectivity index (χ1v) is 13.5. The Balaban J connectivity index is 1.29. The standard InChI is InChI=1S/C29H25N3O7S/c1-17-16-40-28-24(30-23(34)14-20-12-13-21(32(37)38)15-22(20)33)27(35)31(28)25(17)29(36)39-26(18-8-4-2-5-9-18)19-10-6-3-7-11-19/h2-13,15,24,26,28,33H,14,16H2,1H3,(H,30,34)/t24-,28-/m1/s1. The minimum atomic E-state index is -0.868. The minimum Gasteiger partial charge on any atom is -0.507 e. The number of thioether (sulfide) groups is 1. The molecule has 2 N–H and O–H groups in total. The number of phenols is 1. The van der Waals surface area contributed by atoms with Crippen LogP contribution < -0.4 is 5.32 Å². The Labute approximate surface area is 233 Å². The van der Waals surface area contributed by atoms with Crippen molar-refractivity contribution < 1.29 is 29.2 Å². The van der Waals surface area contributed by atoms with Gasteiger partial charge in [-0.3, -0.25) is 24.6 Å². The highest BCUT2D eigenvalue weighted by molar-refractivity contribution is 8.00. The SMILES string of the molecule is CC1=C(C(=O)OC(c2ccccc2)c2ccccc2)N2C(=O)[C@@H](NC(=O)Cc3ccc([N+](=O)[O-])cc3O)[C@H]2SC1. The summed E-state index contributed by atoms with van der Waals surface area (Å²) in [5.41, 5.74) is 2.33. The number of non-ortho nitro benzene ring substituents is 1. The van der Waals surface area contributed by atoms with Gasteiger partial charge in [-0.2, -0.15) is 0 Å². The van der Waals surface area contributed by atoms with E-state index >= 15 is 0 Å². The number of nitrogens with one attached hydrogen (secondary N) is 1. The Morgan fingerprint density at radius 1 is 1.10 bits per heavy atom. The van der Waals surface area contributed by atoms with Gasteiger partial charge >= 0.3 is 5.97 Å². The van der Waals surface area contributed by atoms with Crippen LogP contribution in [0.2, 0.25) is 0 Å². The first-order chi connectivity index (χ1) is 19.2. The molecule has 2 amide bonds. The summed E-state index contributed by atoms with van der Waals surface area (Å²) < 4.78 is 6.01. The molecule has 5 rings (SSSR count). The highest BCUT2D eigenvalue weighted by Crippen LogP contribution is 2.41. The van der Waals surface area contributed by atoms with Gasteiger partial charge in [-0.25, -0.2) is 4.79 Å². The fourth-order valence-corrected chi connectivity index (χ4v) is 6.01. The molecule has 3 aromatic carbocycles. The number of nitro groups is 1. The van der Waals surface area contributed by atoms with Gasteiger partial charge in [0.2, 0.25) is 5.91 Å². The van der Waals surface area contributed by atoms with Crippen molar-refractivity contribution in [1.82, 2.24) is 10.2 Å². The predicted molar refractivity (Wildman–Crippen MR) is 147 cm³/mol. The lowest BCUT2D eigenvalue weighted by atomic mass is 10.0. The normalized spacial score (nSPS) is 18.1. The van der Waals surface area contributed by atoms with Gasteiger partial charge in [-0.05, 0) is 29.7 Å². The number of carbonyl (C=O) groups excluding carboxylic acids is 3. The molecule has 0 saturated carbocycles. The van der Waals surface area contributed by atoms with Crippen LogP contribution in [0, 0.1) is 10.1 Å². The maximum Gasteiger partial charge on any atom is 0.356 e. The Hall–Kier alpha value is -4.64. The van der Waals surface area contributed by atoms with Crippen LogP contribution in [-0.2, 0) is 25.5 Å². The lowest BCUT2D eigenvalue weighted by Gasteiger charge is -2.49. The fraction of sp³-hybridized carbons (Fsp3) is 0.207. The first-order valence-electron chi connectivity index (χ1n) is 12.5. The zero-order valence-electron chi connectivity index (χ0n) is 21.4. The van der Waals surface area contributed by atoms with Crippen LogP contribution in [0.4, 0.5) is 5.69 Å². The van der Waals surface area contributed by atoms with Crippen molar-refractivity contribution in [3.05, 3.63) is 117 Å². The number of esters is 1. The molecule has 40 heavy (non-hydrogen) atoms. The number of benzene rings is 3. The second-order valence-corrected chi connectivity index (χ2v) is 10.5. The van der Waals surface area contributed by atoms with Gasteiger partial charge < -0.3 is 15.2 Å². The van der Waals surface area contributed by atoms with E-state index in [0.29, 0.717) is 11.3 Å². The number of ether oxygens (including phenoxy) is 1. The number of aromatic hydroxyl groups is 1. The number of amides is 2. The summed E-state index contributed by atoms with van der Waals surface area (Å²) in [5.74, 6) is -1.52. The molecule has 2 aliphatic rings. The van der Waals surface area contributed by atoms with Crippen molar-refractivity contribution in [1.29, 1.82) is 0 Å². The van der Waals surface area contributed by atoms with Crippen molar-refractivity contribution in [2.45, 2.75) is 30.9 Å². The van der Waals surface area contributed by atoms with E-state index < -0.39 is 40.2 Å². The van der Waals surface area contributed by atoms with E-state index in [1.165, 1.54) is 28.8 Å². The smallest absolute Gasteiger partial charge is 0.356 e. The molecule has 0 aliphatic carbocycles. The molecular weight excluding hydrogens is 534 g/mol. The van der Waals surface area contributed by atoms with Gasteiger partial charge in [-0.1, -0.05) is 60.7 Å². The Morgan fingerprint density at radius 3 is 2.30 bits per heavy atom. The van der Waals surface area contributed by atoms with Crippen LogP contribution in [0.25, 0.3) is 0 Å². The maximum absolute atomic E-state index is 13.5. The van der Waals surface area contributed by atoms with Gasteiger partial charge in [0.05, 0.1) is 17.4 Å². The molecule has 0 spiro atoms. The van der Waals surface area contributed by atoms with E-state index in [1.807, 2.05) is 60.7 Å². The molecule has 2 atom stereocenters. The van der Waals surface area contributed by atoms with Crippen LogP contribution >= 0.6 is 11.8 Å². The Bertz CT molecular complexity index is 1470. The van der Waals surface area contributed by atoms with Crippen molar-refractivity contribution >= 4 is 35.2 Å². The number of rotatable bonds is 8. The van der Waals surface area contributed by atoms with Gasteiger partial charge in [-0.15, -0.1) is 11.8 Å². The number of nitrogens with zero attached hydrogens (tertiary/aromatic N) is 2. The molecule has 0 unspecified atom stereocenters. The summed E-state index contributed by atoms with van der Waals surface area (Å²) in [7, 11) is 0.